The SMILES string of the molecule is CCC(C)(C)C(=O)Nc1c(C)cc(C)c(/N=c2/ccc3c(-c4ccccc4S(=O)(=O)O)c4ccc(Nc5c(C)cc(C)c(NC(=O)C(C)(C)CC)c5C)cc4oc-3c2)c1C. The second-order valence-electron chi connectivity index (χ2n) is 17.2. The van der Waals surface area contributed by atoms with E-state index in [2.05, 4.69) is 16.0 Å². The van der Waals surface area contributed by atoms with Crippen LogP contribution in [0.4, 0.5) is 28.4 Å². The number of amides is 2. The molecular weight excluding hydrogens is 773 g/mol. The number of carbonyl (C=O) groups excluding carboxylic acids is 2. The normalized spacial score (nSPS) is 12.6. The Bertz CT molecular complexity index is 2850. The third kappa shape index (κ3) is 8.46. The molecule has 10 nitrogen and oxygen atoms in total. The Morgan fingerprint density at radius 2 is 1.25 bits per heavy atom. The van der Waals surface area contributed by atoms with Gasteiger partial charge in [0.2, 0.25) is 11.8 Å². The fourth-order valence-electron chi connectivity index (χ4n) is 7.48. The van der Waals surface area contributed by atoms with Gasteiger partial charge in [0.15, 0.2) is 0 Å². The predicted octanol–water partition coefficient (Wildman–Crippen LogP) is 12.0. The van der Waals surface area contributed by atoms with E-state index in [1.165, 1.54) is 6.07 Å². The van der Waals surface area contributed by atoms with Gasteiger partial charge < -0.3 is 20.4 Å². The van der Waals surface area contributed by atoms with Crippen LogP contribution in [0, 0.1) is 52.4 Å². The molecule has 2 amide bonds. The summed E-state index contributed by atoms with van der Waals surface area (Å²) in [6, 6.07) is 21.5. The van der Waals surface area contributed by atoms with Gasteiger partial charge in [0, 0.05) is 67.8 Å². The van der Waals surface area contributed by atoms with Gasteiger partial charge in [0.1, 0.15) is 16.2 Å². The van der Waals surface area contributed by atoms with Crippen molar-refractivity contribution in [1.82, 2.24) is 0 Å². The highest BCUT2D eigenvalue weighted by atomic mass is 32.2. The van der Waals surface area contributed by atoms with Crippen LogP contribution >= 0.6 is 0 Å². The largest absolute Gasteiger partial charge is 0.456 e. The molecule has 0 saturated carbocycles. The van der Waals surface area contributed by atoms with E-state index in [-0.39, 0.29) is 16.7 Å². The molecule has 0 atom stereocenters. The van der Waals surface area contributed by atoms with Crippen molar-refractivity contribution in [3.8, 4) is 22.5 Å². The predicted molar refractivity (Wildman–Crippen MR) is 243 cm³/mol. The number of hydrogen-bond donors (Lipinski definition) is 4. The van der Waals surface area contributed by atoms with Gasteiger partial charge in [-0.3, -0.25) is 14.1 Å². The van der Waals surface area contributed by atoms with Gasteiger partial charge in [-0.15, -0.1) is 0 Å². The Labute approximate surface area is 353 Å². The maximum Gasteiger partial charge on any atom is 0.295 e. The average molecular weight is 829 g/mol. The van der Waals surface area contributed by atoms with Crippen molar-refractivity contribution in [1.29, 1.82) is 0 Å². The molecule has 0 bridgehead atoms. The zero-order valence-electron chi connectivity index (χ0n) is 36.7. The summed E-state index contributed by atoms with van der Waals surface area (Å²) in [5.41, 5.74) is 10.1. The lowest BCUT2D eigenvalue weighted by Gasteiger charge is -2.25. The van der Waals surface area contributed by atoms with E-state index < -0.39 is 20.9 Å². The first-order chi connectivity index (χ1) is 28.1. The first kappa shape index (κ1) is 43.8. The van der Waals surface area contributed by atoms with Crippen molar-refractivity contribution in [3.05, 3.63) is 112 Å². The summed E-state index contributed by atoms with van der Waals surface area (Å²) in [5, 5.41) is 11.1. The van der Waals surface area contributed by atoms with Crippen molar-refractivity contribution >= 4 is 61.3 Å². The number of hydrogen-bond acceptors (Lipinski definition) is 7. The topological polar surface area (TPSA) is 150 Å². The number of anilines is 4. The molecule has 1 aliphatic carbocycles. The zero-order valence-corrected chi connectivity index (χ0v) is 37.5. The highest BCUT2D eigenvalue weighted by molar-refractivity contribution is 7.86. The van der Waals surface area contributed by atoms with E-state index >= 15 is 0 Å². The van der Waals surface area contributed by atoms with Crippen LogP contribution in [0.1, 0.15) is 87.8 Å². The number of aryl methyl sites for hydroxylation is 4. The summed E-state index contributed by atoms with van der Waals surface area (Å²) < 4.78 is 42.6. The molecule has 4 aromatic rings. The Kier molecular flexibility index (Phi) is 11.9. The van der Waals surface area contributed by atoms with Crippen LogP contribution in [0.25, 0.3) is 33.4 Å². The molecule has 4 aromatic carbocycles. The number of benzene rings is 5. The fraction of sp³-hybridized carbons (Fsp3) is 0.327. The summed E-state index contributed by atoms with van der Waals surface area (Å²) in [5.74, 6) is 0.319. The van der Waals surface area contributed by atoms with E-state index in [1.54, 1.807) is 18.2 Å². The van der Waals surface area contributed by atoms with Crippen LogP contribution in [-0.2, 0) is 19.7 Å². The molecule has 0 fully saturated rings. The summed E-state index contributed by atoms with van der Waals surface area (Å²) in [7, 11) is -4.61. The van der Waals surface area contributed by atoms with Gasteiger partial charge >= 0.3 is 0 Å². The van der Waals surface area contributed by atoms with E-state index in [0.717, 1.165) is 50.4 Å². The molecule has 314 valence electrons. The highest BCUT2D eigenvalue weighted by Crippen LogP contribution is 2.44. The Hall–Kier alpha value is -5.78. The van der Waals surface area contributed by atoms with Gasteiger partial charge in [-0.05, 0) is 118 Å². The monoisotopic (exact) mass is 828 g/mol. The lowest BCUT2D eigenvalue weighted by atomic mass is 9.88. The summed E-state index contributed by atoms with van der Waals surface area (Å²) >= 11 is 0. The molecular formula is C49H56N4O6S. The highest BCUT2D eigenvalue weighted by Gasteiger charge is 2.29. The van der Waals surface area contributed by atoms with Crippen LogP contribution in [0.15, 0.2) is 87.1 Å². The molecule has 11 heteroatoms. The Morgan fingerprint density at radius 1 is 0.683 bits per heavy atom. The molecule has 0 unspecified atom stereocenters. The standard InChI is InChI=1S/C49H56N4O6S/c1-13-48(9,10)46(54)52-44-29(5)23-27(3)42(31(44)7)50-33-19-21-35-38(25-33)59-39-26-34(20-22-36(39)41(35)37-17-15-16-18-40(37)60(56,57)58)51-43-28(4)24-30(6)45(32(43)8)53-47(55)49(11,12)14-2/h15-26,50H,13-14H2,1-12H3,(H,52,54)(H,53,55)(H,56,57,58)/b51-34-. The molecule has 0 aromatic heterocycles. The summed E-state index contributed by atoms with van der Waals surface area (Å²) in [4.78, 5) is 31.4. The van der Waals surface area contributed by atoms with Crippen molar-refractivity contribution in [2.75, 3.05) is 16.0 Å². The molecule has 1 heterocycles. The zero-order chi connectivity index (χ0) is 44.1. The molecule has 4 N–H and O–H groups in total. The third-order valence-corrected chi connectivity index (χ3v) is 12.9. The van der Waals surface area contributed by atoms with Gasteiger partial charge in [-0.1, -0.05) is 71.9 Å². The minimum atomic E-state index is -4.61. The van der Waals surface area contributed by atoms with Crippen LogP contribution in [-0.4, -0.2) is 24.8 Å². The van der Waals surface area contributed by atoms with Crippen LogP contribution in [0.3, 0.4) is 0 Å². The first-order valence-corrected chi connectivity index (χ1v) is 21.8. The van der Waals surface area contributed by atoms with E-state index in [1.807, 2.05) is 132 Å². The van der Waals surface area contributed by atoms with Crippen molar-refractivity contribution < 1.29 is 27.0 Å². The minimum Gasteiger partial charge on any atom is -0.456 e. The van der Waals surface area contributed by atoms with Crippen molar-refractivity contribution in [2.24, 2.45) is 15.8 Å². The average Bonchev–Trinajstić information content (AvgIpc) is 3.19. The molecule has 2 aliphatic rings. The Balaban J connectivity index is 1.54. The summed E-state index contributed by atoms with van der Waals surface area (Å²) in [6.45, 7) is 23.6. The Morgan fingerprint density at radius 3 is 1.85 bits per heavy atom. The van der Waals surface area contributed by atoms with Crippen LogP contribution in [0.5, 0.6) is 0 Å². The quantitative estimate of drug-likeness (QED) is 0.0750. The van der Waals surface area contributed by atoms with E-state index in [0.29, 0.717) is 63.0 Å². The number of nitrogens with zero attached hydrogens (tertiary/aromatic N) is 1. The maximum absolute atomic E-state index is 13.3. The molecule has 0 spiro atoms. The number of carbonyl (C=O) groups is 2. The van der Waals surface area contributed by atoms with Gasteiger partial charge in [-0.25, -0.2) is 4.99 Å². The van der Waals surface area contributed by atoms with Crippen molar-refractivity contribution in [2.45, 2.75) is 101 Å². The first-order valence-electron chi connectivity index (χ1n) is 20.3. The number of fused-ring (bicyclic) bond motifs is 2. The van der Waals surface area contributed by atoms with Crippen molar-refractivity contribution in [3.63, 3.8) is 0 Å². The molecule has 60 heavy (non-hydrogen) atoms. The van der Waals surface area contributed by atoms with Crippen LogP contribution in [0.2, 0.25) is 0 Å². The van der Waals surface area contributed by atoms with Crippen LogP contribution < -0.4 is 21.3 Å². The molecule has 1 aliphatic heterocycles. The molecule has 0 radical (unpaired) electrons. The van der Waals surface area contributed by atoms with E-state index in [4.69, 9.17) is 9.41 Å². The smallest absolute Gasteiger partial charge is 0.295 e. The number of rotatable bonds is 11. The minimum absolute atomic E-state index is 0.0536. The fourth-order valence-corrected chi connectivity index (χ4v) is 8.18. The lowest BCUT2D eigenvalue weighted by molar-refractivity contribution is -0.124. The second-order valence-corrected chi connectivity index (χ2v) is 18.6. The lowest BCUT2D eigenvalue weighted by Crippen LogP contribution is -2.30. The third-order valence-electron chi connectivity index (χ3n) is 12.0. The molecule has 0 saturated heterocycles. The van der Waals surface area contributed by atoms with E-state index in [9.17, 15) is 22.6 Å². The molecule has 6 rings (SSSR count). The van der Waals surface area contributed by atoms with Gasteiger partial charge in [0.25, 0.3) is 10.1 Å². The number of nitrogens with one attached hydrogen (secondary N) is 3. The summed E-state index contributed by atoms with van der Waals surface area (Å²) in [6.07, 6.45) is 1.38. The maximum atomic E-state index is 13.3. The van der Waals surface area contributed by atoms with Gasteiger partial charge in [-0.2, -0.15) is 8.42 Å². The second kappa shape index (κ2) is 16.3. The van der Waals surface area contributed by atoms with Gasteiger partial charge in [0.05, 0.1) is 11.0 Å².